The molecule has 1 fully saturated rings. The number of carbonyl (C=O) groups excluding carboxylic acids is 1. The Balaban J connectivity index is 2.01. The van der Waals surface area contributed by atoms with Gasteiger partial charge in [-0.2, -0.15) is 0 Å². The van der Waals surface area contributed by atoms with Crippen molar-refractivity contribution in [2.45, 2.75) is 12.8 Å². The lowest BCUT2D eigenvalue weighted by molar-refractivity contribution is 0.0497. The molecule has 1 aliphatic heterocycles. The predicted octanol–water partition coefficient (Wildman–Crippen LogP) is 3.60. The summed E-state index contributed by atoms with van der Waals surface area (Å²) in [5.74, 6) is 0.559. The molecule has 0 saturated carbocycles. The molecule has 1 aromatic rings. The Morgan fingerprint density at radius 2 is 2.16 bits per heavy atom. The van der Waals surface area contributed by atoms with Crippen LogP contribution in [-0.2, 0) is 4.74 Å². The largest absolute Gasteiger partial charge is 0.381 e. The molecule has 0 spiro atoms. The van der Waals surface area contributed by atoms with Gasteiger partial charge in [-0.1, -0.05) is 11.6 Å². The van der Waals surface area contributed by atoms with Crippen molar-refractivity contribution in [1.29, 1.82) is 0 Å². The van der Waals surface area contributed by atoms with Crippen molar-refractivity contribution in [2.75, 3.05) is 26.8 Å². The van der Waals surface area contributed by atoms with Crippen LogP contribution in [0.5, 0.6) is 0 Å². The molecule has 0 aliphatic carbocycles. The Labute approximate surface area is 127 Å². The van der Waals surface area contributed by atoms with Gasteiger partial charge >= 0.3 is 0 Å². The van der Waals surface area contributed by atoms with Gasteiger partial charge in [0.25, 0.3) is 5.91 Å². The second kappa shape index (κ2) is 6.73. The summed E-state index contributed by atoms with van der Waals surface area (Å²) >= 11 is 9.28. The molecule has 0 unspecified atom stereocenters. The van der Waals surface area contributed by atoms with Crippen molar-refractivity contribution in [3.8, 4) is 0 Å². The van der Waals surface area contributed by atoms with Crippen molar-refractivity contribution in [2.24, 2.45) is 5.92 Å². The fourth-order valence-corrected chi connectivity index (χ4v) is 3.12. The quantitative estimate of drug-likeness (QED) is 0.837. The summed E-state index contributed by atoms with van der Waals surface area (Å²) in [7, 11) is 1.85. The van der Waals surface area contributed by atoms with Crippen molar-refractivity contribution in [1.82, 2.24) is 4.90 Å². The summed E-state index contributed by atoms with van der Waals surface area (Å²) in [6.07, 6.45) is 2.05. The number of hydrogen-bond acceptors (Lipinski definition) is 2. The van der Waals surface area contributed by atoms with Crippen molar-refractivity contribution < 1.29 is 9.53 Å². The summed E-state index contributed by atoms with van der Waals surface area (Å²) in [5, 5.41) is 0.621. The van der Waals surface area contributed by atoms with Gasteiger partial charge in [0.1, 0.15) is 0 Å². The molecular formula is C14H17BrClNO2. The van der Waals surface area contributed by atoms with Gasteiger partial charge in [-0.15, -0.1) is 0 Å². The Bertz CT molecular complexity index is 461. The van der Waals surface area contributed by atoms with E-state index in [1.807, 2.05) is 7.05 Å². The average molecular weight is 347 g/mol. The normalized spacial score (nSPS) is 16.4. The standard InChI is InChI=1S/C14H17BrClNO2/c1-17(9-10-4-6-19-7-5-10)14(18)12-3-2-11(16)8-13(12)15/h2-3,8,10H,4-7,9H2,1H3. The first kappa shape index (κ1) is 14.8. The van der Waals surface area contributed by atoms with Crippen LogP contribution in [0.3, 0.4) is 0 Å². The van der Waals surface area contributed by atoms with E-state index in [0.717, 1.165) is 37.1 Å². The SMILES string of the molecule is CN(CC1CCOCC1)C(=O)c1ccc(Cl)cc1Br. The van der Waals surface area contributed by atoms with Crippen LogP contribution >= 0.6 is 27.5 Å². The van der Waals surface area contributed by atoms with Crippen LogP contribution in [0, 0.1) is 5.92 Å². The number of carbonyl (C=O) groups is 1. The fourth-order valence-electron chi connectivity index (χ4n) is 2.27. The van der Waals surface area contributed by atoms with Crippen LogP contribution in [0.25, 0.3) is 0 Å². The van der Waals surface area contributed by atoms with Gasteiger partial charge in [0, 0.05) is 36.3 Å². The molecule has 19 heavy (non-hydrogen) atoms. The van der Waals surface area contributed by atoms with E-state index in [9.17, 15) is 4.79 Å². The van der Waals surface area contributed by atoms with Gasteiger partial charge in [0.2, 0.25) is 0 Å². The molecule has 0 radical (unpaired) electrons. The number of ether oxygens (including phenoxy) is 1. The Kier molecular flexibility index (Phi) is 5.25. The molecule has 2 rings (SSSR count). The molecule has 0 atom stereocenters. The minimum atomic E-state index is 0.0232. The molecule has 0 N–H and O–H groups in total. The van der Waals surface area contributed by atoms with Gasteiger partial charge in [-0.05, 0) is 52.9 Å². The number of hydrogen-bond donors (Lipinski definition) is 0. The molecule has 1 heterocycles. The van der Waals surface area contributed by atoms with E-state index in [1.165, 1.54) is 0 Å². The van der Waals surface area contributed by atoms with Crippen molar-refractivity contribution >= 4 is 33.4 Å². The summed E-state index contributed by atoms with van der Waals surface area (Å²) in [5.41, 5.74) is 0.652. The summed E-state index contributed by atoms with van der Waals surface area (Å²) in [4.78, 5) is 14.2. The number of benzene rings is 1. The summed E-state index contributed by atoms with van der Waals surface area (Å²) in [6.45, 7) is 2.38. The first-order valence-corrected chi connectivity index (χ1v) is 7.53. The highest BCUT2D eigenvalue weighted by Gasteiger charge is 2.20. The molecule has 1 aromatic carbocycles. The molecule has 0 aromatic heterocycles. The number of rotatable bonds is 3. The number of amides is 1. The number of halogens is 2. The molecule has 5 heteroatoms. The Morgan fingerprint density at radius 1 is 1.47 bits per heavy atom. The topological polar surface area (TPSA) is 29.5 Å². The van der Waals surface area contributed by atoms with E-state index in [4.69, 9.17) is 16.3 Å². The maximum Gasteiger partial charge on any atom is 0.254 e. The van der Waals surface area contributed by atoms with Gasteiger partial charge in [0.15, 0.2) is 0 Å². The number of nitrogens with zero attached hydrogens (tertiary/aromatic N) is 1. The molecular weight excluding hydrogens is 330 g/mol. The molecule has 1 aliphatic rings. The second-order valence-corrected chi connectivity index (χ2v) is 6.16. The zero-order chi connectivity index (χ0) is 13.8. The Morgan fingerprint density at radius 3 is 2.79 bits per heavy atom. The van der Waals surface area contributed by atoms with E-state index < -0.39 is 0 Å². The van der Waals surface area contributed by atoms with Gasteiger partial charge in [-0.3, -0.25) is 4.79 Å². The average Bonchev–Trinajstić information content (AvgIpc) is 2.39. The van der Waals surface area contributed by atoms with Gasteiger partial charge in [0.05, 0.1) is 5.56 Å². The zero-order valence-electron chi connectivity index (χ0n) is 10.9. The van der Waals surface area contributed by atoms with E-state index >= 15 is 0 Å². The minimum Gasteiger partial charge on any atom is -0.381 e. The van der Waals surface area contributed by atoms with Crippen LogP contribution in [0.1, 0.15) is 23.2 Å². The van der Waals surface area contributed by atoms with Crippen LogP contribution in [-0.4, -0.2) is 37.6 Å². The predicted molar refractivity (Wildman–Crippen MR) is 79.7 cm³/mol. The van der Waals surface area contributed by atoms with Crippen LogP contribution in [0.4, 0.5) is 0 Å². The third-order valence-electron chi connectivity index (χ3n) is 3.38. The monoisotopic (exact) mass is 345 g/mol. The summed E-state index contributed by atoms with van der Waals surface area (Å²) < 4.78 is 6.07. The van der Waals surface area contributed by atoms with E-state index in [2.05, 4.69) is 15.9 Å². The van der Waals surface area contributed by atoms with Crippen LogP contribution in [0.2, 0.25) is 5.02 Å². The second-order valence-electron chi connectivity index (χ2n) is 4.87. The van der Waals surface area contributed by atoms with E-state index in [1.54, 1.807) is 23.1 Å². The zero-order valence-corrected chi connectivity index (χ0v) is 13.2. The molecule has 0 bridgehead atoms. The van der Waals surface area contributed by atoms with Gasteiger partial charge in [-0.25, -0.2) is 0 Å². The van der Waals surface area contributed by atoms with Crippen LogP contribution in [0.15, 0.2) is 22.7 Å². The van der Waals surface area contributed by atoms with Crippen molar-refractivity contribution in [3.05, 3.63) is 33.3 Å². The third-order valence-corrected chi connectivity index (χ3v) is 4.27. The van der Waals surface area contributed by atoms with E-state index in [0.29, 0.717) is 16.5 Å². The highest BCUT2D eigenvalue weighted by atomic mass is 79.9. The highest BCUT2D eigenvalue weighted by Crippen LogP contribution is 2.23. The minimum absolute atomic E-state index is 0.0232. The molecule has 1 saturated heterocycles. The third kappa shape index (κ3) is 3.94. The first-order valence-electron chi connectivity index (χ1n) is 6.36. The lowest BCUT2D eigenvalue weighted by Gasteiger charge is -2.27. The lowest BCUT2D eigenvalue weighted by Crippen LogP contribution is -2.34. The molecule has 1 amide bonds. The van der Waals surface area contributed by atoms with E-state index in [-0.39, 0.29) is 5.91 Å². The van der Waals surface area contributed by atoms with Crippen molar-refractivity contribution in [3.63, 3.8) is 0 Å². The molecule has 3 nitrogen and oxygen atoms in total. The maximum atomic E-state index is 12.4. The maximum absolute atomic E-state index is 12.4. The molecule has 104 valence electrons. The van der Waals surface area contributed by atoms with Crippen LogP contribution < -0.4 is 0 Å². The highest BCUT2D eigenvalue weighted by molar-refractivity contribution is 9.10. The first-order chi connectivity index (χ1) is 9.08. The summed E-state index contributed by atoms with van der Waals surface area (Å²) in [6, 6.07) is 5.24. The lowest BCUT2D eigenvalue weighted by atomic mass is 9.99. The van der Waals surface area contributed by atoms with Gasteiger partial charge < -0.3 is 9.64 Å². The smallest absolute Gasteiger partial charge is 0.254 e. The fraction of sp³-hybridized carbons (Fsp3) is 0.500. The Hall–Kier alpha value is -0.580.